The molecule has 0 aromatic heterocycles. The van der Waals surface area contributed by atoms with E-state index in [1.165, 1.54) is 32.4 Å². The van der Waals surface area contributed by atoms with E-state index in [9.17, 15) is 14.4 Å². The molecule has 7 heteroatoms. The molecule has 2 N–H and O–H groups in total. The van der Waals surface area contributed by atoms with Crippen molar-refractivity contribution in [3.05, 3.63) is 65.2 Å². The maximum absolute atomic E-state index is 12.5. The van der Waals surface area contributed by atoms with Crippen molar-refractivity contribution in [1.29, 1.82) is 0 Å². The lowest BCUT2D eigenvalue weighted by Crippen LogP contribution is -3.11. The molecule has 0 aliphatic heterocycles. The molecule has 1 atom stereocenters. The first-order valence-corrected chi connectivity index (χ1v) is 8.95. The summed E-state index contributed by atoms with van der Waals surface area (Å²) in [7, 11) is 2.49. The molecule has 0 radical (unpaired) electrons. The van der Waals surface area contributed by atoms with Crippen molar-refractivity contribution in [1.82, 2.24) is 0 Å². The molecule has 148 valence electrons. The second-order valence-corrected chi connectivity index (χ2v) is 6.27. The zero-order chi connectivity index (χ0) is 20.5. The third kappa shape index (κ3) is 5.92. The molecule has 2 aromatic rings. The number of hydrogen-bond donors (Lipinski definition) is 2. The molecule has 1 amide bonds. The normalized spacial score (nSPS) is 11.4. The maximum Gasteiger partial charge on any atom is 0.337 e. The van der Waals surface area contributed by atoms with E-state index in [0.717, 1.165) is 23.6 Å². The average Bonchev–Trinajstić information content (AvgIpc) is 2.72. The van der Waals surface area contributed by atoms with Crippen molar-refractivity contribution < 1.29 is 28.8 Å². The number of benzene rings is 2. The molecule has 0 aliphatic carbocycles. The van der Waals surface area contributed by atoms with E-state index in [2.05, 4.69) is 5.32 Å². The van der Waals surface area contributed by atoms with Crippen LogP contribution in [0.15, 0.2) is 48.5 Å². The summed E-state index contributed by atoms with van der Waals surface area (Å²) < 4.78 is 9.41. The second kappa shape index (κ2) is 10.2. The minimum Gasteiger partial charge on any atom is -0.465 e. The highest BCUT2D eigenvalue weighted by Gasteiger charge is 2.17. The zero-order valence-corrected chi connectivity index (χ0v) is 16.3. The van der Waals surface area contributed by atoms with Gasteiger partial charge in [0.2, 0.25) is 0 Å². The van der Waals surface area contributed by atoms with Gasteiger partial charge in [0.05, 0.1) is 31.9 Å². The Morgan fingerprint density at radius 1 is 0.929 bits per heavy atom. The Labute approximate surface area is 164 Å². The number of esters is 2. The van der Waals surface area contributed by atoms with Crippen LogP contribution in [0.1, 0.15) is 33.2 Å². The van der Waals surface area contributed by atoms with E-state index in [4.69, 9.17) is 9.47 Å². The molecular formula is C21H25N2O5+. The summed E-state index contributed by atoms with van der Waals surface area (Å²) in [5.74, 6) is -1.43. The van der Waals surface area contributed by atoms with Crippen LogP contribution in [0.5, 0.6) is 0 Å². The first kappa shape index (κ1) is 21.1. The number of carbonyl (C=O) groups is 3. The first-order chi connectivity index (χ1) is 13.5. The van der Waals surface area contributed by atoms with Gasteiger partial charge in [0.25, 0.3) is 5.91 Å². The zero-order valence-electron chi connectivity index (χ0n) is 16.3. The van der Waals surface area contributed by atoms with Crippen LogP contribution < -0.4 is 10.2 Å². The molecule has 0 aliphatic rings. The lowest BCUT2D eigenvalue weighted by molar-refractivity contribution is -0.903. The molecule has 2 rings (SSSR count). The second-order valence-electron chi connectivity index (χ2n) is 6.27. The van der Waals surface area contributed by atoms with Crippen LogP contribution in [-0.4, -0.2) is 45.2 Å². The van der Waals surface area contributed by atoms with Crippen molar-refractivity contribution >= 4 is 23.5 Å². The Hall–Kier alpha value is -3.19. The third-order valence-corrected chi connectivity index (χ3v) is 4.27. The average molecular weight is 385 g/mol. The van der Waals surface area contributed by atoms with E-state index in [0.29, 0.717) is 5.69 Å². The number of anilines is 1. The molecule has 0 saturated carbocycles. The van der Waals surface area contributed by atoms with E-state index in [-0.39, 0.29) is 23.6 Å². The molecule has 0 spiro atoms. The topological polar surface area (TPSA) is 86.1 Å². The summed E-state index contributed by atoms with van der Waals surface area (Å²) in [6.07, 6.45) is 0. The van der Waals surface area contributed by atoms with Crippen molar-refractivity contribution in [3.8, 4) is 0 Å². The summed E-state index contributed by atoms with van der Waals surface area (Å²) in [6.45, 7) is 3.76. The van der Waals surface area contributed by atoms with Crippen molar-refractivity contribution in [3.63, 3.8) is 0 Å². The van der Waals surface area contributed by atoms with Crippen molar-refractivity contribution in [2.45, 2.75) is 13.5 Å². The molecule has 0 saturated heterocycles. The van der Waals surface area contributed by atoms with Crippen LogP contribution in [0.4, 0.5) is 5.69 Å². The highest BCUT2D eigenvalue weighted by atomic mass is 16.5. The molecule has 7 nitrogen and oxygen atoms in total. The fourth-order valence-electron chi connectivity index (χ4n) is 2.80. The fourth-order valence-corrected chi connectivity index (χ4v) is 2.80. The van der Waals surface area contributed by atoms with E-state index < -0.39 is 11.9 Å². The van der Waals surface area contributed by atoms with Gasteiger partial charge in [-0.05, 0) is 25.1 Å². The summed E-state index contributed by atoms with van der Waals surface area (Å²) in [5.41, 5.74) is 1.80. The van der Waals surface area contributed by atoms with Crippen LogP contribution in [0, 0.1) is 0 Å². The summed E-state index contributed by atoms with van der Waals surface area (Å²) in [6, 6.07) is 14.2. The van der Waals surface area contributed by atoms with Gasteiger partial charge in [-0.2, -0.15) is 0 Å². The molecule has 0 bridgehead atoms. The van der Waals surface area contributed by atoms with E-state index in [1.807, 2.05) is 37.3 Å². The smallest absolute Gasteiger partial charge is 0.337 e. The minimum absolute atomic E-state index is 0.157. The predicted molar refractivity (Wildman–Crippen MR) is 104 cm³/mol. The number of methoxy groups -OCH3 is 2. The third-order valence-electron chi connectivity index (χ3n) is 4.27. The van der Waals surface area contributed by atoms with Crippen LogP contribution in [-0.2, 0) is 20.8 Å². The van der Waals surface area contributed by atoms with Gasteiger partial charge in [-0.15, -0.1) is 0 Å². The first-order valence-electron chi connectivity index (χ1n) is 8.95. The Morgan fingerprint density at radius 3 is 2.00 bits per heavy atom. The van der Waals surface area contributed by atoms with Gasteiger partial charge in [-0.3, -0.25) is 4.79 Å². The lowest BCUT2D eigenvalue weighted by Gasteiger charge is -2.17. The number of rotatable bonds is 8. The minimum atomic E-state index is -0.605. The molecule has 1 unspecified atom stereocenters. The van der Waals surface area contributed by atoms with Gasteiger partial charge >= 0.3 is 11.9 Å². The summed E-state index contributed by atoms with van der Waals surface area (Å²) in [5, 5.41) is 2.76. The van der Waals surface area contributed by atoms with Gasteiger partial charge in [-0.1, -0.05) is 30.3 Å². The molecular weight excluding hydrogens is 360 g/mol. The number of hydrogen-bond acceptors (Lipinski definition) is 5. The van der Waals surface area contributed by atoms with Crippen LogP contribution in [0.3, 0.4) is 0 Å². The lowest BCUT2D eigenvalue weighted by atomic mass is 10.1. The number of amides is 1. The van der Waals surface area contributed by atoms with Crippen LogP contribution >= 0.6 is 0 Å². The van der Waals surface area contributed by atoms with Crippen molar-refractivity contribution in [2.24, 2.45) is 0 Å². The Bertz CT molecular complexity index is 802. The molecule has 2 aromatic carbocycles. The number of quaternary nitrogens is 1. The van der Waals surface area contributed by atoms with Gasteiger partial charge < -0.3 is 19.7 Å². The number of likely N-dealkylation sites (N-methyl/N-ethyl adjacent to an activating group) is 1. The number of nitrogens with one attached hydrogen (secondary N) is 2. The summed E-state index contributed by atoms with van der Waals surface area (Å²) in [4.78, 5) is 37.3. The van der Waals surface area contributed by atoms with Gasteiger partial charge in [-0.25, -0.2) is 9.59 Å². The fraction of sp³-hybridized carbons (Fsp3) is 0.286. The quantitative estimate of drug-likeness (QED) is 0.669. The van der Waals surface area contributed by atoms with Crippen molar-refractivity contribution in [2.75, 3.05) is 32.6 Å². The number of ether oxygens (including phenoxy) is 2. The Kier molecular flexibility index (Phi) is 7.71. The molecule has 0 heterocycles. The molecule has 28 heavy (non-hydrogen) atoms. The molecule has 0 fully saturated rings. The Morgan fingerprint density at radius 2 is 1.50 bits per heavy atom. The highest BCUT2D eigenvalue weighted by Crippen LogP contribution is 2.17. The van der Waals surface area contributed by atoms with Crippen LogP contribution in [0.2, 0.25) is 0 Å². The standard InChI is InChI=1S/C21H24N2O5/c1-4-23(13-15-8-6-5-7-9-15)14-19(24)22-18-11-16(20(25)27-2)10-17(12-18)21(26)28-3/h5-12H,4,13-14H2,1-3H3,(H,22,24)/p+1. The predicted octanol–water partition coefficient (Wildman–Crippen LogP) is 1.30. The van der Waals surface area contributed by atoms with E-state index in [1.54, 1.807) is 0 Å². The summed E-state index contributed by atoms with van der Waals surface area (Å²) >= 11 is 0. The highest BCUT2D eigenvalue weighted by molar-refractivity contribution is 5.99. The monoisotopic (exact) mass is 385 g/mol. The van der Waals surface area contributed by atoms with Gasteiger partial charge in [0, 0.05) is 11.3 Å². The SMILES string of the molecule is CC[NH+](CC(=O)Nc1cc(C(=O)OC)cc(C(=O)OC)c1)Cc1ccccc1. The van der Waals surface area contributed by atoms with Gasteiger partial charge in [0.1, 0.15) is 6.54 Å². The van der Waals surface area contributed by atoms with Gasteiger partial charge in [0.15, 0.2) is 6.54 Å². The maximum atomic E-state index is 12.5. The number of carbonyl (C=O) groups excluding carboxylic acids is 3. The largest absolute Gasteiger partial charge is 0.465 e. The Balaban J connectivity index is 2.12. The van der Waals surface area contributed by atoms with Crippen LogP contribution in [0.25, 0.3) is 0 Å². The van der Waals surface area contributed by atoms with E-state index >= 15 is 0 Å².